The summed E-state index contributed by atoms with van der Waals surface area (Å²) < 4.78 is 20.4. The molecule has 1 aliphatic heterocycles. The quantitative estimate of drug-likeness (QED) is 0.331. The Labute approximate surface area is 203 Å². The first-order valence-corrected chi connectivity index (χ1v) is 11.7. The van der Waals surface area contributed by atoms with E-state index in [0.717, 1.165) is 30.4 Å². The van der Waals surface area contributed by atoms with Gasteiger partial charge in [0.25, 0.3) is 0 Å². The molecule has 0 aliphatic carbocycles. The van der Waals surface area contributed by atoms with Gasteiger partial charge in [-0.3, -0.25) is 0 Å². The number of imidazole rings is 1. The zero-order valence-corrected chi connectivity index (χ0v) is 19.8. The predicted octanol–water partition coefficient (Wildman–Crippen LogP) is 6.71. The van der Waals surface area contributed by atoms with E-state index in [1.54, 1.807) is 12.5 Å². The summed E-state index contributed by atoms with van der Waals surface area (Å²) in [6.07, 6.45) is 7.71. The summed E-state index contributed by atoms with van der Waals surface area (Å²) in [7, 11) is 0. The number of benzene rings is 2. The Balaban J connectivity index is 1.34. The van der Waals surface area contributed by atoms with Crippen LogP contribution in [0.1, 0.15) is 36.5 Å². The van der Waals surface area contributed by atoms with Gasteiger partial charge in [0.05, 0.1) is 32.2 Å². The van der Waals surface area contributed by atoms with Gasteiger partial charge < -0.3 is 18.8 Å². The van der Waals surface area contributed by atoms with Crippen molar-refractivity contribution in [2.75, 3.05) is 6.61 Å². The van der Waals surface area contributed by atoms with Crippen molar-refractivity contribution < 1.29 is 14.2 Å². The van der Waals surface area contributed by atoms with Crippen molar-refractivity contribution in [1.29, 1.82) is 0 Å². The third-order valence-corrected chi connectivity index (χ3v) is 6.41. The SMILES string of the molecule is Clc1ccc(C(Cn2ccnc2)OCC2CCCC(OCc3c(Cl)cccc3Cl)O2)cc1. The molecule has 2 heterocycles. The molecule has 0 N–H and O–H groups in total. The fraction of sp³-hybridized carbons (Fsp3) is 0.375. The molecule has 1 saturated heterocycles. The zero-order valence-electron chi connectivity index (χ0n) is 17.5. The van der Waals surface area contributed by atoms with Crippen molar-refractivity contribution in [2.45, 2.75) is 50.9 Å². The summed E-state index contributed by atoms with van der Waals surface area (Å²) in [4.78, 5) is 4.13. The van der Waals surface area contributed by atoms with Gasteiger partial charge in [0.15, 0.2) is 6.29 Å². The highest BCUT2D eigenvalue weighted by Crippen LogP contribution is 2.28. The average molecular weight is 496 g/mol. The second kappa shape index (κ2) is 11.5. The first-order valence-electron chi connectivity index (χ1n) is 10.6. The molecule has 1 aliphatic rings. The number of halogens is 3. The van der Waals surface area contributed by atoms with Crippen LogP contribution < -0.4 is 0 Å². The molecule has 0 saturated carbocycles. The number of rotatable bonds is 9. The molecule has 4 rings (SSSR count). The Hall–Kier alpha value is -1.60. The molecule has 0 amide bonds. The molecule has 1 aromatic heterocycles. The van der Waals surface area contributed by atoms with Crippen LogP contribution in [0.5, 0.6) is 0 Å². The highest BCUT2D eigenvalue weighted by Gasteiger charge is 2.25. The van der Waals surface area contributed by atoms with Crippen molar-refractivity contribution >= 4 is 34.8 Å². The summed E-state index contributed by atoms with van der Waals surface area (Å²) >= 11 is 18.6. The number of nitrogens with zero attached hydrogens (tertiary/aromatic N) is 2. The molecule has 5 nitrogen and oxygen atoms in total. The molecule has 1 fully saturated rings. The Bertz CT molecular complexity index is 962. The molecular formula is C24H25Cl3N2O3. The van der Waals surface area contributed by atoms with Crippen LogP contribution in [0.25, 0.3) is 0 Å². The Morgan fingerprint density at radius 2 is 1.84 bits per heavy atom. The normalized spacial score (nSPS) is 19.7. The van der Waals surface area contributed by atoms with Crippen molar-refractivity contribution in [1.82, 2.24) is 9.55 Å². The highest BCUT2D eigenvalue weighted by molar-refractivity contribution is 6.35. The van der Waals surface area contributed by atoms with Gasteiger partial charge in [-0.1, -0.05) is 53.0 Å². The Morgan fingerprint density at radius 3 is 2.56 bits per heavy atom. The minimum atomic E-state index is -0.313. The van der Waals surface area contributed by atoms with E-state index in [1.807, 2.05) is 53.2 Å². The highest BCUT2D eigenvalue weighted by atomic mass is 35.5. The van der Waals surface area contributed by atoms with Crippen LogP contribution in [0.3, 0.4) is 0 Å². The third-order valence-electron chi connectivity index (χ3n) is 5.45. The van der Waals surface area contributed by atoms with E-state index in [1.165, 1.54) is 0 Å². The molecular weight excluding hydrogens is 471 g/mol. The van der Waals surface area contributed by atoms with Gasteiger partial charge in [0, 0.05) is 33.0 Å². The molecule has 3 atom stereocenters. The molecule has 170 valence electrons. The van der Waals surface area contributed by atoms with Crippen LogP contribution >= 0.6 is 34.8 Å². The van der Waals surface area contributed by atoms with Crippen molar-refractivity contribution in [3.05, 3.63) is 87.4 Å². The topological polar surface area (TPSA) is 45.5 Å². The summed E-state index contributed by atoms with van der Waals surface area (Å²) in [5.41, 5.74) is 1.83. The lowest BCUT2D eigenvalue weighted by Crippen LogP contribution is -2.33. The van der Waals surface area contributed by atoms with E-state index in [0.29, 0.717) is 34.8 Å². The Kier molecular flexibility index (Phi) is 8.47. The van der Waals surface area contributed by atoms with Gasteiger partial charge in [-0.15, -0.1) is 0 Å². The standard InChI is InChI=1S/C24H25Cl3N2O3/c25-18-9-7-17(8-10-18)23(13-29-12-11-28-16-29)30-14-19-3-1-6-24(32-19)31-15-20-21(26)4-2-5-22(20)27/h2,4-5,7-12,16,19,23-24H,1,3,6,13-15H2. The van der Waals surface area contributed by atoms with Crippen molar-refractivity contribution in [3.63, 3.8) is 0 Å². The van der Waals surface area contributed by atoms with Gasteiger partial charge in [-0.25, -0.2) is 4.98 Å². The smallest absolute Gasteiger partial charge is 0.158 e. The van der Waals surface area contributed by atoms with Gasteiger partial charge in [-0.2, -0.15) is 0 Å². The summed E-state index contributed by atoms with van der Waals surface area (Å²) in [5.74, 6) is 0. The van der Waals surface area contributed by atoms with E-state index in [9.17, 15) is 0 Å². The number of aromatic nitrogens is 2. The lowest BCUT2D eigenvalue weighted by atomic mass is 10.1. The largest absolute Gasteiger partial charge is 0.369 e. The number of hydrogen-bond acceptors (Lipinski definition) is 4. The third kappa shape index (κ3) is 6.47. The van der Waals surface area contributed by atoms with Crippen LogP contribution in [0, 0.1) is 0 Å². The average Bonchev–Trinajstić information content (AvgIpc) is 3.30. The monoisotopic (exact) mass is 494 g/mol. The maximum absolute atomic E-state index is 6.32. The fourth-order valence-corrected chi connectivity index (χ4v) is 4.33. The van der Waals surface area contributed by atoms with Crippen LogP contribution in [0.15, 0.2) is 61.2 Å². The molecule has 8 heteroatoms. The van der Waals surface area contributed by atoms with Crippen molar-refractivity contribution in [3.8, 4) is 0 Å². The summed E-state index contributed by atoms with van der Waals surface area (Å²) in [5, 5.41) is 1.89. The second-order valence-corrected chi connectivity index (χ2v) is 9.01. The van der Waals surface area contributed by atoms with Crippen molar-refractivity contribution in [2.24, 2.45) is 0 Å². The maximum Gasteiger partial charge on any atom is 0.158 e. The molecule has 3 aromatic rings. The minimum Gasteiger partial charge on any atom is -0.369 e. The van der Waals surface area contributed by atoms with Crippen LogP contribution in [0.4, 0.5) is 0 Å². The maximum atomic E-state index is 6.32. The number of ether oxygens (including phenoxy) is 3. The predicted molar refractivity (Wildman–Crippen MR) is 126 cm³/mol. The second-order valence-electron chi connectivity index (χ2n) is 7.76. The van der Waals surface area contributed by atoms with Gasteiger partial charge >= 0.3 is 0 Å². The summed E-state index contributed by atoms with van der Waals surface area (Å²) in [6, 6.07) is 13.2. The van der Waals surface area contributed by atoms with E-state index in [-0.39, 0.29) is 18.5 Å². The van der Waals surface area contributed by atoms with Gasteiger partial charge in [-0.05, 0) is 49.1 Å². The minimum absolute atomic E-state index is 0.0481. The van der Waals surface area contributed by atoms with Crippen LogP contribution in [0.2, 0.25) is 15.1 Å². The van der Waals surface area contributed by atoms with Crippen LogP contribution in [-0.2, 0) is 27.4 Å². The molecule has 32 heavy (non-hydrogen) atoms. The van der Waals surface area contributed by atoms with Gasteiger partial charge in [0.1, 0.15) is 6.10 Å². The lowest BCUT2D eigenvalue weighted by Gasteiger charge is -2.31. The first kappa shape index (κ1) is 23.6. The van der Waals surface area contributed by atoms with Crippen LogP contribution in [-0.4, -0.2) is 28.6 Å². The lowest BCUT2D eigenvalue weighted by molar-refractivity contribution is -0.213. The zero-order chi connectivity index (χ0) is 22.3. The summed E-state index contributed by atoms with van der Waals surface area (Å²) in [6.45, 7) is 1.43. The van der Waals surface area contributed by atoms with E-state index < -0.39 is 0 Å². The molecule has 0 spiro atoms. The van der Waals surface area contributed by atoms with E-state index in [4.69, 9.17) is 49.0 Å². The number of hydrogen-bond donors (Lipinski definition) is 0. The first-order chi connectivity index (χ1) is 15.6. The van der Waals surface area contributed by atoms with Gasteiger partial charge in [0.2, 0.25) is 0 Å². The Morgan fingerprint density at radius 1 is 1.06 bits per heavy atom. The molecule has 3 unspecified atom stereocenters. The van der Waals surface area contributed by atoms with E-state index >= 15 is 0 Å². The fourth-order valence-electron chi connectivity index (χ4n) is 3.70. The molecule has 0 bridgehead atoms. The molecule has 2 aromatic carbocycles. The molecule has 0 radical (unpaired) electrons. The van der Waals surface area contributed by atoms with E-state index in [2.05, 4.69) is 4.98 Å².